The summed E-state index contributed by atoms with van der Waals surface area (Å²) >= 11 is 6.07. The number of carbonyl (C=O) groups excluding carboxylic acids is 1. The summed E-state index contributed by atoms with van der Waals surface area (Å²) in [5, 5.41) is 3.33. The van der Waals surface area contributed by atoms with Crippen molar-refractivity contribution in [3.05, 3.63) is 29.3 Å². The summed E-state index contributed by atoms with van der Waals surface area (Å²) in [5.41, 5.74) is 0. The van der Waals surface area contributed by atoms with Crippen molar-refractivity contribution in [3.63, 3.8) is 0 Å². The van der Waals surface area contributed by atoms with E-state index in [1.807, 2.05) is 0 Å². The highest BCUT2D eigenvalue weighted by molar-refractivity contribution is 7.89. The molecule has 1 atom stereocenters. The second kappa shape index (κ2) is 11.9. The first kappa shape index (κ1) is 25.9. The maximum atomic E-state index is 12.8. The maximum Gasteiger partial charge on any atom is 0.244 e. The minimum Gasteiger partial charge on any atom is -0.356 e. The lowest BCUT2D eigenvalue weighted by Crippen LogP contribution is -2.36. The van der Waals surface area contributed by atoms with E-state index in [0.29, 0.717) is 19.6 Å². The Labute approximate surface area is 182 Å². The molecule has 2 aliphatic rings. The molecule has 1 aliphatic heterocycles. The Morgan fingerprint density at radius 2 is 1.66 bits per heavy atom. The van der Waals surface area contributed by atoms with Gasteiger partial charge in [-0.05, 0) is 37.3 Å². The number of nitrogens with one attached hydrogen (secondary N) is 1. The number of amides is 1. The summed E-state index contributed by atoms with van der Waals surface area (Å²) in [6.07, 6.45) is 8.70. The largest absolute Gasteiger partial charge is 0.356 e. The van der Waals surface area contributed by atoms with Gasteiger partial charge in [0.15, 0.2) is 0 Å². The first-order valence-corrected chi connectivity index (χ1v) is 11.8. The van der Waals surface area contributed by atoms with Gasteiger partial charge in [0.05, 0.1) is 5.02 Å². The number of sulfonamides is 1. The van der Waals surface area contributed by atoms with E-state index in [4.69, 9.17) is 11.6 Å². The zero-order valence-electron chi connectivity index (χ0n) is 15.7. The average molecular weight is 445 g/mol. The van der Waals surface area contributed by atoms with Gasteiger partial charge in [0, 0.05) is 25.6 Å². The molecule has 1 unspecified atom stereocenters. The quantitative estimate of drug-likeness (QED) is 0.686. The molecule has 1 N–H and O–H groups in total. The lowest BCUT2D eigenvalue weighted by molar-refractivity contribution is -0.125. The first-order valence-electron chi connectivity index (χ1n) is 10.0. The van der Waals surface area contributed by atoms with E-state index >= 15 is 0 Å². The molecule has 1 heterocycles. The van der Waals surface area contributed by atoms with Gasteiger partial charge >= 0.3 is 0 Å². The van der Waals surface area contributed by atoms with Crippen LogP contribution in [0.2, 0.25) is 5.02 Å². The predicted octanol–water partition coefficient (Wildman–Crippen LogP) is 5.10. The van der Waals surface area contributed by atoms with Gasteiger partial charge in [0.25, 0.3) is 0 Å². The minimum absolute atomic E-state index is 0. The summed E-state index contributed by atoms with van der Waals surface area (Å²) in [6.45, 7) is 1.44. The van der Waals surface area contributed by atoms with Crippen LogP contribution in [-0.2, 0) is 14.8 Å². The van der Waals surface area contributed by atoms with E-state index in [-0.39, 0.29) is 42.5 Å². The van der Waals surface area contributed by atoms with Gasteiger partial charge in [-0.3, -0.25) is 4.79 Å². The zero-order valence-corrected chi connectivity index (χ0v) is 17.3. The van der Waals surface area contributed by atoms with Crippen molar-refractivity contribution < 1.29 is 13.2 Å². The molecule has 29 heavy (non-hydrogen) atoms. The lowest BCUT2D eigenvalue weighted by Gasteiger charge is -2.21. The molecule has 1 saturated carbocycles. The molecule has 166 valence electrons. The van der Waals surface area contributed by atoms with Crippen LogP contribution in [0.25, 0.3) is 0 Å². The van der Waals surface area contributed by atoms with Crippen LogP contribution in [0.1, 0.15) is 66.2 Å². The summed E-state index contributed by atoms with van der Waals surface area (Å²) in [5.74, 6) is 0.416. The highest BCUT2D eigenvalue weighted by Crippen LogP contribution is 2.28. The van der Waals surface area contributed by atoms with Crippen LogP contribution in [0.4, 0.5) is 0 Å². The van der Waals surface area contributed by atoms with Gasteiger partial charge in [0.1, 0.15) is 4.90 Å². The SMILES string of the molecule is C.C.O=C(NCC1CCN(S(=O)(=O)c2ccccc2Cl)C1)C1CCCCCCC1. The number of benzene rings is 1. The van der Waals surface area contributed by atoms with Crippen LogP contribution in [0, 0.1) is 11.8 Å². The van der Waals surface area contributed by atoms with Crippen LogP contribution >= 0.6 is 11.6 Å². The van der Waals surface area contributed by atoms with Crippen molar-refractivity contribution in [1.82, 2.24) is 9.62 Å². The first-order chi connectivity index (χ1) is 13.0. The molecule has 5 nitrogen and oxygen atoms in total. The van der Waals surface area contributed by atoms with Crippen molar-refractivity contribution in [3.8, 4) is 0 Å². The normalized spacial score (nSPS) is 21.3. The van der Waals surface area contributed by atoms with Gasteiger partial charge < -0.3 is 5.32 Å². The van der Waals surface area contributed by atoms with Gasteiger partial charge in [-0.25, -0.2) is 8.42 Å². The second-order valence-corrected chi connectivity index (χ2v) is 10.0. The summed E-state index contributed by atoms with van der Waals surface area (Å²) in [4.78, 5) is 12.7. The Morgan fingerprint density at radius 1 is 1.03 bits per heavy atom. The summed E-state index contributed by atoms with van der Waals surface area (Å²) in [6, 6.07) is 6.54. The van der Waals surface area contributed by atoms with Gasteiger partial charge in [-0.15, -0.1) is 0 Å². The smallest absolute Gasteiger partial charge is 0.244 e. The Kier molecular flexibility index (Phi) is 10.7. The standard InChI is InChI=1S/C20H29ClN2O3S.2CH4/c21-18-10-6-7-11-19(18)27(25,26)23-13-12-16(15-23)14-22-20(24)17-8-4-2-1-3-5-9-17;;/h6-7,10-11,16-17H,1-5,8-9,12-15H2,(H,22,24);2*1H4. The fraction of sp³-hybridized carbons (Fsp3) is 0.682. The third-order valence-electron chi connectivity index (χ3n) is 5.74. The molecule has 1 saturated heterocycles. The Bertz CT molecular complexity index is 746. The Morgan fingerprint density at radius 3 is 2.31 bits per heavy atom. The average Bonchev–Trinajstić information content (AvgIpc) is 3.09. The maximum absolute atomic E-state index is 12.8. The number of carbonyl (C=O) groups is 1. The van der Waals surface area contributed by atoms with E-state index in [1.165, 1.54) is 23.6 Å². The molecule has 0 radical (unpaired) electrons. The fourth-order valence-electron chi connectivity index (χ4n) is 4.08. The topological polar surface area (TPSA) is 66.5 Å². The lowest BCUT2D eigenvalue weighted by atomic mass is 9.90. The molecular weight excluding hydrogens is 408 g/mol. The van der Waals surface area contributed by atoms with Crippen LogP contribution in [0.15, 0.2) is 29.2 Å². The molecule has 0 spiro atoms. The third kappa shape index (κ3) is 6.69. The van der Waals surface area contributed by atoms with E-state index in [2.05, 4.69) is 5.32 Å². The van der Waals surface area contributed by atoms with Crippen molar-refractivity contribution in [2.24, 2.45) is 11.8 Å². The van der Waals surface area contributed by atoms with Crippen LogP contribution in [0.3, 0.4) is 0 Å². The van der Waals surface area contributed by atoms with Crippen molar-refractivity contribution in [1.29, 1.82) is 0 Å². The number of hydrogen-bond donors (Lipinski definition) is 1. The second-order valence-electron chi connectivity index (χ2n) is 7.74. The third-order valence-corrected chi connectivity index (χ3v) is 8.11. The van der Waals surface area contributed by atoms with Crippen LogP contribution < -0.4 is 5.32 Å². The molecule has 2 fully saturated rings. The Hall–Kier alpha value is -1.11. The molecule has 0 bridgehead atoms. The van der Waals surface area contributed by atoms with Gasteiger partial charge in [0.2, 0.25) is 15.9 Å². The van der Waals surface area contributed by atoms with Crippen LogP contribution in [-0.4, -0.2) is 38.3 Å². The van der Waals surface area contributed by atoms with Crippen LogP contribution in [0.5, 0.6) is 0 Å². The minimum atomic E-state index is -3.58. The number of halogens is 1. The van der Waals surface area contributed by atoms with E-state index in [1.54, 1.807) is 24.3 Å². The number of rotatable bonds is 5. The summed E-state index contributed by atoms with van der Waals surface area (Å²) < 4.78 is 27.1. The zero-order chi connectivity index (χ0) is 19.3. The Balaban J connectivity index is 0.00000210. The summed E-state index contributed by atoms with van der Waals surface area (Å²) in [7, 11) is -3.58. The van der Waals surface area contributed by atoms with E-state index in [9.17, 15) is 13.2 Å². The molecular formula is C22H37ClN2O3S. The van der Waals surface area contributed by atoms with Gasteiger partial charge in [-0.1, -0.05) is 70.7 Å². The van der Waals surface area contributed by atoms with Crippen molar-refractivity contribution in [2.45, 2.75) is 71.1 Å². The molecule has 1 aromatic rings. The monoisotopic (exact) mass is 444 g/mol. The molecule has 0 aromatic heterocycles. The molecule has 1 aromatic carbocycles. The highest BCUT2D eigenvalue weighted by Gasteiger charge is 2.34. The predicted molar refractivity (Wildman–Crippen MR) is 121 cm³/mol. The number of nitrogens with zero attached hydrogens (tertiary/aromatic N) is 1. The van der Waals surface area contributed by atoms with E-state index < -0.39 is 10.0 Å². The van der Waals surface area contributed by atoms with Crippen molar-refractivity contribution >= 4 is 27.5 Å². The number of hydrogen-bond acceptors (Lipinski definition) is 3. The van der Waals surface area contributed by atoms with E-state index in [0.717, 1.165) is 32.1 Å². The molecule has 1 amide bonds. The molecule has 7 heteroatoms. The van der Waals surface area contributed by atoms with Gasteiger partial charge in [-0.2, -0.15) is 4.31 Å². The highest BCUT2D eigenvalue weighted by atomic mass is 35.5. The molecule has 1 aliphatic carbocycles. The molecule has 3 rings (SSSR count). The van der Waals surface area contributed by atoms with Crippen molar-refractivity contribution in [2.75, 3.05) is 19.6 Å². The fourth-order valence-corrected chi connectivity index (χ4v) is 6.11.